The van der Waals surface area contributed by atoms with Crippen molar-refractivity contribution >= 4 is 15.9 Å². The molecule has 1 N–H and O–H groups in total. The summed E-state index contributed by atoms with van der Waals surface area (Å²) >= 11 is 0. The van der Waals surface area contributed by atoms with Gasteiger partial charge in [0.1, 0.15) is 12.4 Å². The molecule has 3 rings (SSSR count). The summed E-state index contributed by atoms with van der Waals surface area (Å²) in [6, 6.07) is 7.53. The van der Waals surface area contributed by atoms with E-state index < -0.39 is 10.0 Å². The smallest absolute Gasteiger partial charge is 0.225 e. The van der Waals surface area contributed by atoms with Gasteiger partial charge in [-0.15, -0.1) is 0 Å². The second-order valence-electron chi connectivity index (χ2n) is 7.40. The molecule has 1 aliphatic heterocycles. The summed E-state index contributed by atoms with van der Waals surface area (Å²) in [7, 11) is -3.38. The summed E-state index contributed by atoms with van der Waals surface area (Å²) in [5, 5.41) is 0. The molecule has 1 saturated carbocycles. The standard InChI is InChI=1S/C19H28N2O4S/c1-15-4-8-18(9-5-15)25-11-12-26(23,24)20-13-16-3-2-10-21(14-16)19(22)17-6-7-17/h4-5,8-9,16-17,20H,2-3,6-7,10-14H2,1H3/t16-/m0/s1. The Morgan fingerprint density at radius 1 is 1.23 bits per heavy atom. The van der Waals surface area contributed by atoms with Gasteiger partial charge in [0, 0.05) is 25.6 Å². The van der Waals surface area contributed by atoms with Crippen LogP contribution in [0.15, 0.2) is 24.3 Å². The molecule has 0 bridgehead atoms. The van der Waals surface area contributed by atoms with Crippen molar-refractivity contribution in [1.82, 2.24) is 9.62 Å². The number of benzene rings is 1. The first-order chi connectivity index (χ1) is 12.4. The predicted molar refractivity (Wildman–Crippen MR) is 100 cm³/mol. The lowest BCUT2D eigenvalue weighted by Gasteiger charge is -2.33. The fraction of sp³-hybridized carbons (Fsp3) is 0.632. The van der Waals surface area contributed by atoms with E-state index in [0.29, 0.717) is 18.8 Å². The molecule has 144 valence electrons. The molecular formula is C19H28N2O4S. The van der Waals surface area contributed by atoms with Crippen LogP contribution in [0.1, 0.15) is 31.2 Å². The number of rotatable bonds is 8. The van der Waals surface area contributed by atoms with E-state index in [2.05, 4.69) is 4.72 Å². The van der Waals surface area contributed by atoms with Crippen molar-refractivity contribution in [3.63, 3.8) is 0 Å². The summed E-state index contributed by atoms with van der Waals surface area (Å²) in [6.45, 7) is 3.97. The predicted octanol–water partition coefficient (Wildman–Crippen LogP) is 1.94. The molecule has 2 fully saturated rings. The Balaban J connectivity index is 1.39. The topological polar surface area (TPSA) is 75.7 Å². The molecule has 1 aliphatic carbocycles. The van der Waals surface area contributed by atoms with E-state index in [-0.39, 0.29) is 30.1 Å². The van der Waals surface area contributed by atoms with Crippen LogP contribution in [0, 0.1) is 18.8 Å². The Labute approximate surface area is 156 Å². The zero-order valence-electron chi connectivity index (χ0n) is 15.3. The van der Waals surface area contributed by atoms with Crippen LogP contribution in [-0.2, 0) is 14.8 Å². The van der Waals surface area contributed by atoms with E-state index in [1.807, 2.05) is 36.1 Å². The van der Waals surface area contributed by atoms with Crippen LogP contribution in [0.3, 0.4) is 0 Å². The molecule has 1 saturated heterocycles. The lowest BCUT2D eigenvalue weighted by Crippen LogP contribution is -2.44. The number of ether oxygens (including phenoxy) is 1. The molecule has 7 heteroatoms. The number of aryl methyl sites for hydroxylation is 1. The number of carbonyl (C=O) groups excluding carboxylic acids is 1. The summed E-state index contributed by atoms with van der Waals surface area (Å²) < 4.78 is 32.5. The van der Waals surface area contributed by atoms with Crippen LogP contribution in [0.2, 0.25) is 0 Å². The van der Waals surface area contributed by atoms with Gasteiger partial charge in [-0.25, -0.2) is 13.1 Å². The highest BCUT2D eigenvalue weighted by atomic mass is 32.2. The lowest BCUT2D eigenvalue weighted by molar-refractivity contribution is -0.134. The average Bonchev–Trinajstić information content (AvgIpc) is 3.46. The van der Waals surface area contributed by atoms with E-state index in [1.165, 1.54) is 0 Å². The normalized spacial score (nSPS) is 20.8. The third kappa shape index (κ3) is 5.71. The number of carbonyl (C=O) groups is 1. The van der Waals surface area contributed by atoms with E-state index in [9.17, 15) is 13.2 Å². The van der Waals surface area contributed by atoms with Crippen LogP contribution in [0.25, 0.3) is 0 Å². The van der Waals surface area contributed by atoms with Gasteiger partial charge in [0.05, 0.1) is 5.75 Å². The van der Waals surface area contributed by atoms with Gasteiger partial charge in [-0.2, -0.15) is 0 Å². The van der Waals surface area contributed by atoms with Crippen LogP contribution < -0.4 is 9.46 Å². The molecule has 1 amide bonds. The largest absolute Gasteiger partial charge is 0.492 e. The molecule has 1 atom stereocenters. The Morgan fingerprint density at radius 3 is 2.65 bits per heavy atom. The molecule has 0 radical (unpaired) electrons. The van der Waals surface area contributed by atoms with Crippen molar-refractivity contribution < 1.29 is 17.9 Å². The quantitative estimate of drug-likeness (QED) is 0.748. The second kappa shape index (κ2) is 8.39. The molecule has 6 nitrogen and oxygen atoms in total. The van der Waals surface area contributed by atoms with Crippen molar-refractivity contribution in [2.24, 2.45) is 11.8 Å². The Hall–Kier alpha value is -1.60. The fourth-order valence-corrected chi connectivity index (χ4v) is 4.18. The highest BCUT2D eigenvalue weighted by Gasteiger charge is 2.35. The second-order valence-corrected chi connectivity index (χ2v) is 9.32. The molecule has 0 unspecified atom stereocenters. The summed E-state index contributed by atoms with van der Waals surface area (Å²) in [4.78, 5) is 14.1. The van der Waals surface area contributed by atoms with Crippen molar-refractivity contribution in [1.29, 1.82) is 0 Å². The molecule has 1 aromatic rings. The van der Waals surface area contributed by atoms with E-state index >= 15 is 0 Å². The lowest BCUT2D eigenvalue weighted by atomic mass is 9.98. The van der Waals surface area contributed by atoms with Gasteiger partial charge in [-0.3, -0.25) is 4.79 Å². The zero-order chi connectivity index (χ0) is 18.6. The van der Waals surface area contributed by atoms with Gasteiger partial charge >= 0.3 is 0 Å². The molecule has 0 spiro atoms. The van der Waals surface area contributed by atoms with Crippen LogP contribution in [-0.4, -0.2) is 51.2 Å². The molecule has 26 heavy (non-hydrogen) atoms. The van der Waals surface area contributed by atoms with Crippen LogP contribution in [0.4, 0.5) is 0 Å². The number of amides is 1. The molecule has 2 aliphatic rings. The molecule has 0 aromatic heterocycles. The highest BCUT2D eigenvalue weighted by Crippen LogP contribution is 2.32. The number of piperidine rings is 1. The number of sulfonamides is 1. The van der Waals surface area contributed by atoms with Gasteiger partial charge in [-0.05, 0) is 50.7 Å². The van der Waals surface area contributed by atoms with Crippen molar-refractivity contribution in [2.75, 3.05) is 32.0 Å². The number of hydrogen-bond acceptors (Lipinski definition) is 4. The third-order valence-electron chi connectivity index (χ3n) is 4.99. The third-order valence-corrected chi connectivity index (χ3v) is 6.30. The molecule has 1 heterocycles. The van der Waals surface area contributed by atoms with Gasteiger partial charge in [-0.1, -0.05) is 17.7 Å². The molecular weight excluding hydrogens is 352 g/mol. The zero-order valence-corrected chi connectivity index (χ0v) is 16.1. The Kier molecular flexibility index (Phi) is 6.19. The minimum atomic E-state index is -3.38. The van der Waals surface area contributed by atoms with Gasteiger partial charge in [0.25, 0.3) is 0 Å². The number of nitrogens with one attached hydrogen (secondary N) is 1. The van der Waals surface area contributed by atoms with E-state index in [0.717, 1.165) is 37.8 Å². The van der Waals surface area contributed by atoms with Crippen molar-refractivity contribution in [3.8, 4) is 5.75 Å². The van der Waals surface area contributed by atoms with E-state index in [1.54, 1.807) is 0 Å². The Morgan fingerprint density at radius 2 is 1.96 bits per heavy atom. The van der Waals surface area contributed by atoms with Gasteiger partial charge in [0.15, 0.2) is 0 Å². The van der Waals surface area contributed by atoms with Crippen molar-refractivity contribution in [2.45, 2.75) is 32.6 Å². The Bertz CT molecular complexity index is 714. The maximum Gasteiger partial charge on any atom is 0.225 e. The minimum absolute atomic E-state index is 0.0711. The molecule has 1 aromatic carbocycles. The first-order valence-electron chi connectivity index (χ1n) is 9.38. The highest BCUT2D eigenvalue weighted by molar-refractivity contribution is 7.89. The number of nitrogens with zero attached hydrogens (tertiary/aromatic N) is 1. The van der Waals surface area contributed by atoms with Gasteiger partial charge < -0.3 is 9.64 Å². The average molecular weight is 381 g/mol. The maximum absolute atomic E-state index is 12.2. The van der Waals surface area contributed by atoms with E-state index in [4.69, 9.17) is 4.74 Å². The number of hydrogen-bond donors (Lipinski definition) is 1. The van der Waals surface area contributed by atoms with Crippen LogP contribution in [0.5, 0.6) is 5.75 Å². The SMILES string of the molecule is Cc1ccc(OCCS(=O)(=O)NC[C@@H]2CCCN(C(=O)C3CC3)C2)cc1. The first kappa shape index (κ1) is 19.2. The monoisotopic (exact) mass is 380 g/mol. The minimum Gasteiger partial charge on any atom is -0.492 e. The first-order valence-corrected chi connectivity index (χ1v) is 11.0. The summed E-state index contributed by atoms with van der Waals surface area (Å²) in [5.41, 5.74) is 1.13. The summed E-state index contributed by atoms with van der Waals surface area (Å²) in [6.07, 6.45) is 3.92. The van der Waals surface area contributed by atoms with Crippen molar-refractivity contribution in [3.05, 3.63) is 29.8 Å². The van der Waals surface area contributed by atoms with Gasteiger partial charge in [0.2, 0.25) is 15.9 Å². The van der Waals surface area contributed by atoms with Crippen LogP contribution >= 0.6 is 0 Å². The fourth-order valence-electron chi connectivity index (χ4n) is 3.24. The maximum atomic E-state index is 12.2. The summed E-state index contributed by atoms with van der Waals surface area (Å²) in [5.74, 6) is 1.28. The number of likely N-dealkylation sites (tertiary alicyclic amines) is 1.